The highest BCUT2D eigenvalue weighted by molar-refractivity contribution is 5.83. The number of hydrogen-bond acceptors (Lipinski definition) is 4. The summed E-state index contributed by atoms with van der Waals surface area (Å²) in [6.07, 6.45) is 1.91. The molecular weight excluding hydrogens is 363 g/mol. The molecule has 7 nitrogen and oxygen atoms in total. The molecule has 1 N–H and O–H groups in total. The molecular formula is C20H19FN4O3. The summed E-state index contributed by atoms with van der Waals surface area (Å²) in [5.41, 5.74) is 1.72. The van der Waals surface area contributed by atoms with Crippen LogP contribution >= 0.6 is 0 Å². The molecule has 0 aliphatic rings. The number of aromatic nitrogens is 3. The molecule has 8 heteroatoms. The summed E-state index contributed by atoms with van der Waals surface area (Å²) in [4.78, 5) is 25.7. The van der Waals surface area contributed by atoms with Crippen molar-refractivity contribution in [2.75, 3.05) is 0 Å². The summed E-state index contributed by atoms with van der Waals surface area (Å²) in [5.74, 6) is -0.218. The topological polar surface area (TPSA) is 81.5 Å². The van der Waals surface area contributed by atoms with Gasteiger partial charge in [-0.3, -0.25) is 14.0 Å². The Balaban J connectivity index is 1.68. The summed E-state index contributed by atoms with van der Waals surface area (Å²) in [6, 6.07) is 8.84. The smallest absolute Gasteiger partial charge is 0.291 e. The zero-order valence-electron chi connectivity index (χ0n) is 15.5. The number of carbonyl (C=O) groups is 1. The van der Waals surface area contributed by atoms with Gasteiger partial charge in [0.05, 0.1) is 11.8 Å². The van der Waals surface area contributed by atoms with Crippen LogP contribution in [0.1, 0.15) is 30.8 Å². The van der Waals surface area contributed by atoms with Gasteiger partial charge in [-0.1, -0.05) is 25.1 Å². The largest absolute Gasteiger partial charge is 0.463 e. The van der Waals surface area contributed by atoms with Crippen molar-refractivity contribution in [2.45, 2.75) is 32.9 Å². The van der Waals surface area contributed by atoms with Crippen molar-refractivity contribution >= 4 is 22.5 Å². The van der Waals surface area contributed by atoms with E-state index >= 15 is 0 Å². The highest BCUT2D eigenvalue weighted by Gasteiger charge is 2.24. The molecule has 1 amide bonds. The Morgan fingerprint density at radius 3 is 2.82 bits per heavy atom. The fourth-order valence-corrected chi connectivity index (χ4v) is 3.42. The van der Waals surface area contributed by atoms with Crippen LogP contribution in [0, 0.1) is 12.7 Å². The lowest BCUT2D eigenvalue weighted by Crippen LogP contribution is -2.39. The molecule has 1 atom stereocenters. The van der Waals surface area contributed by atoms with E-state index in [0.717, 1.165) is 5.52 Å². The van der Waals surface area contributed by atoms with Crippen molar-refractivity contribution in [3.8, 4) is 0 Å². The van der Waals surface area contributed by atoms with E-state index in [1.807, 2.05) is 0 Å². The first kappa shape index (κ1) is 18.0. The Morgan fingerprint density at radius 2 is 2.07 bits per heavy atom. The molecule has 4 rings (SSSR count). The predicted molar refractivity (Wildman–Crippen MR) is 102 cm³/mol. The SMILES string of the molecule is CCC(C(=O)NCc1ccccc1F)n1nc(C)n2c(cc3occc32)c1=O. The van der Waals surface area contributed by atoms with Crippen LogP contribution in [-0.2, 0) is 11.3 Å². The van der Waals surface area contributed by atoms with Crippen LogP contribution in [0.4, 0.5) is 4.39 Å². The Hall–Kier alpha value is -3.42. The Kier molecular flexibility index (Phi) is 4.46. The fourth-order valence-electron chi connectivity index (χ4n) is 3.42. The third-order valence-corrected chi connectivity index (χ3v) is 4.82. The number of carbonyl (C=O) groups excluding carboxylic acids is 1. The van der Waals surface area contributed by atoms with Gasteiger partial charge in [-0.25, -0.2) is 9.07 Å². The Bertz CT molecular complexity index is 1240. The second-order valence-corrected chi connectivity index (χ2v) is 6.57. The number of nitrogens with one attached hydrogen (secondary N) is 1. The van der Waals surface area contributed by atoms with Crippen molar-refractivity contribution < 1.29 is 13.6 Å². The first-order valence-corrected chi connectivity index (χ1v) is 9.00. The van der Waals surface area contributed by atoms with Gasteiger partial charge in [-0.05, 0) is 19.4 Å². The second-order valence-electron chi connectivity index (χ2n) is 6.57. The van der Waals surface area contributed by atoms with Gasteiger partial charge >= 0.3 is 0 Å². The zero-order valence-corrected chi connectivity index (χ0v) is 15.5. The van der Waals surface area contributed by atoms with E-state index in [9.17, 15) is 14.0 Å². The molecule has 0 aliphatic carbocycles. The summed E-state index contributed by atoms with van der Waals surface area (Å²) in [5, 5.41) is 7.06. The second kappa shape index (κ2) is 6.95. The minimum Gasteiger partial charge on any atom is -0.463 e. The minimum absolute atomic E-state index is 0.0377. The standard InChI is InChI=1S/C20H19FN4O3/c1-3-15(19(26)22-11-13-6-4-5-7-14(13)21)25-20(27)17-10-18-16(8-9-28-18)24(17)12(2)23-25/h4-10,15H,3,11H2,1-2H3,(H,22,26). The fraction of sp³-hybridized carbons (Fsp3) is 0.250. The number of furan rings is 1. The molecule has 28 heavy (non-hydrogen) atoms. The number of rotatable bonds is 5. The van der Waals surface area contributed by atoms with Crippen molar-refractivity contribution in [1.29, 1.82) is 0 Å². The lowest BCUT2D eigenvalue weighted by Gasteiger charge is -2.18. The van der Waals surface area contributed by atoms with Gasteiger partial charge in [0.25, 0.3) is 5.56 Å². The van der Waals surface area contributed by atoms with E-state index in [1.54, 1.807) is 54.8 Å². The van der Waals surface area contributed by atoms with Gasteiger partial charge in [0.15, 0.2) is 5.58 Å². The van der Waals surface area contributed by atoms with Crippen molar-refractivity contribution in [1.82, 2.24) is 19.5 Å². The average molecular weight is 382 g/mol. The van der Waals surface area contributed by atoms with Gasteiger partial charge in [-0.15, -0.1) is 0 Å². The number of fused-ring (bicyclic) bond motifs is 3. The third-order valence-electron chi connectivity index (χ3n) is 4.82. The summed E-state index contributed by atoms with van der Waals surface area (Å²) >= 11 is 0. The number of amides is 1. The lowest BCUT2D eigenvalue weighted by molar-refractivity contribution is -0.125. The van der Waals surface area contributed by atoms with E-state index in [4.69, 9.17) is 4.42 Å². The monoisotopic (exact) mass is 382 g/mol. The average Bonchev–Trinajstić information content (AvgIpc) is 3.27. The minimum atomic E-state index is -0.802. The van der Waals surface area contributed by atoms with E-state index in [1.165, 1.54) is 10.7 Å². The zero-order chi connectivity index (χ0) is 19.8. The van der Waals surface area contributed by atoms with Crippen LogP contribution < -0.4 is 10.9 Å². The molecule has 0 saturated heterocycles. The maximum Gasteiger partial charge on any atom is 0.291 e. The van der Waals surface area contributed by atoms with Crippen molar-refractivity contribution in [3.05, 3.63) is 70.2 Å². The first-order chi connectivity index (χ1) is 13.5. The maximum absolute atomic E-state index is 13.8. The molecule has 1 aromatic carbocycles. The van der Waals surface area contributed by atoms with Gasteiger partial charge in [0, 0.05) is 24.2 Å². The molecule has 0 spiro atoms. The quantitative estimate of drug-likeness (QED) is 0.575. The normalized spacial score (nSPS) is 12.5. The number of hydrogen-bond donors (Lipinski definition) is 1. The Labute approximate surface area is 159 Å². The summed E-state index contributed by atoms with van der Waals surface area (Å²) < 4.78 is 22.1. The molecule has 0 fully saturated rings. The lowest BCUT2D eigenvalue weighted by atomic mass is 10.2. The number of halogens is 1. The molecule has 3 heterocycles. The third kappa shape index (κ3) is 2.87. The van der Waals surface area contributed by atoms with Gasteiger partial charge in [-0.2, -0.15) is 5.10 Å². The van der Waals surface area contributed by atoms with Crippen LogP contribution in [0.5, 0.6) is 0 Å². The molecule has 1 unspecified atom stereocenters. The van der Waals surface area contributed by atoms with Crippen LogP contribution in [-0.4, -0.2) is 20.1 Å². The molecule has 0 aliphatic heterocycles. The maximum atomic E-state index is 13.8. The first-order valence-electron chi connectivity index (χ1n) is 9.00. The Morgan fingerprint density at radius 1 is 1.29 bits per heavy atom. The van der Waals surface area contributed by atoms with Crippen molar-refractivity contribution in [2.24, 2.45) is 0 Å². The van der Waals surface area contributed by atoms with E-state index in [0.29, 0.717) is 28.9 Å². The van der Waals surface area contributed by atoms with Gasteiger partial charge < -0.3 is 9.73 Å². The van der Waals surface area contributed by atoms with Crippen LogP contribution in [0.2, 0.25) is 0 Å². The van der Waals surface area contributed by atoms with Crippen LogP contribution in [0.15, 0.2) is 51.9 Å². The number of aryl methyl sites for hydroxylation is 1. The molecule has 0 bridgehead atoms. The predicted octanol–water partition coefficient (Wildman–Crippen LogP) is 2.96. The van der Waals surface area contributed by atoms with E-state index in [2.05, 4.69) is 10.4 Å². The molecule has 144 valence electrons. The van der Waals surface area contributed by atoms with E-state index < -0.39 is 6.04 Å². The van der Waals surface area contributed by atoms with Crippen LogP contribution in [0.25, 0.3) is 16.6 Å². The highest BCUT2D eigenvalue weighted by atomic mass is 19.1. The van der Waals surface area contributed by atoms with Gasteiger partial charge in [0.1, 0.15) is 23.2 Å². The van der Waals surface area contributed by atoms with Gasteiger partial charge in [0.2, 0.25) is 5.91 Å². The summed E-state index contributed by atoms with van der Waals surface area (Å²) in [7, 11) is 0. The number of benzene rings is 1. The molecule has 0 saturated carbocycles. The van der Waals surface area contributed by atoms with Crippen molar-refractivity contribution in [3.63, 3.8) is 0 Å². The number of nitrogens with zero attached hydrogens (tertiary/aromatic N) is 3. The van der Waals surface area contributed by atoms with E-state index in [-0.39, 0.29) is 23.8 Å². The molecule has 0 radical (unpaired) electrons. The highest BCUT2D eigenvalue weighted by Crippen LogP contribution is 2.21. The molecule has 4 aromatic rings. The molecule has 3 aromatic heterocycles. The summed E-state index contributed by atoms with van der Waals surface area (Å²) in [6.45, 7) is 3.60. The van der Waals surface area contributed by atoms with Crippen LogP contribution in [0.3, 0.4) is 0 Å².